The zero-order valence-electron chi connectivity index (χ0n) is 27.4. The van der Waals surface area contributed by atoms with E-state index in [2.05, 4.69) is 46.1 Å². The van der Waals surface area contributed by atoms with Gasteiger partial charge in [-0.2, -0.15) is 0 Å². The van der Waals surface area contributed by atoms with E-state index < -0.39 is 0 Å². The molecule has 2 unspecified atom stereocenters. The van der Waals surface area contributed by atoms with Crippen molar-refractivity contribution in [3.8, 4) is 0 Å². The molecule has 0 amide bonds. The van der Waals surface area contributed by atoms with Gasteiger partial charge in [-0.3, -0.25) is 14.5 Å². The van der Waals surface area contributed by atoms with Gasteiger partial charge in [0.2, 0.25) is 0 Å². The van der Waals surface area contributed by atoms with Crippen molar-refractivity contribution in [2.45, 2.75) is 125 Å². The summed E-state index contributed by atoms with van der Waals surface area (Å²) in [5.41, 5.74) is 2.08. The number of ether oxygens (including phenoxy) is 2. The van der Waals surface area contributed by atoms with E-state index in [-0.39, 0.29) is 38.2 Å². The highest BCUT2D eigenvalue weighted by atomic mass is 16.5. The third-order valence-corrected chi connectivity index (χ3v) is 7.49. The van der Waals surface area contributed by atoms with Crippen LogP contribution in [0.15, 0.2) is 48.6 Å². The molecule has 0 bridgehead atoms. The number of nitrogens with zero attached hydrogens (tertiary/aromatic N) is 1. The highest BCUT2D eigenvalue weighted by molar-refractivity contribution is 5.75. The Balaban J connectivity index is 4.68. The maximum atomic E-state index is 12.6. The summed E-state index contributed by atoms with van der Waals surface area (Å²) >= 11 is 0. The number of unbranched alkanes of at least 4 members (excludes halogenated alkanes) is 9. The fraction of sp³-hybridized carbons (Fsp3) is 0.722. The van der Waals surface area contributed by atoms with E-state index in [0.717, 1.165) is 49.7 Å². The van der Waals surface area contributed by atoms with Crippen LogP contribution in [0.2, 0.25) is 0 Å². The maximum Gasteiger partial charge on any atom is 0.320 e. The second-order valence-electron chi connectivity index (χ2n) is 11.9. The molecule has 0 aliphatic rings. The average Bonchev–Trinajstić information content (AvgIpc) is 2.95. The summed E-state index contributed by atoms with van der Waals surface area (Å²) in [6, 6.07) is 0. The van der Waals surface area contributed by atoms with E-state index in [1.165, 1.54) is 51.4 Å². The fourth-order valence-corrected chi connectivity index (χ4v) is 4.42. The van der Waals surface area contributed by atoms with Gasteiger partial charge in [-0.1, -0.05) is 103 Å². The van der Waals surface area contributed by atoms with Gasteiger partial charge in [0.05, 0.1) is 13.1 Å². The van der Waals surface area contributed by atoms with Crippen LogP contribution in [0.5, 0.6) is 0 Å². The molecule has 236 valence electrons. The summed E-state index contributed by atoms with van der Waals surface area (Å²) < 4.78 is 11.1. The number of allylic oxidation sites excluding steroid dienone is 4. The lowest BCUT2D eigenvalue weighted by Gasteiger charge is -2.20. The Hall–Kier alpha value is -2.14. The van der Waals surface area contributed by atoms with Crippen LogP contribution >= 0.6 is 0 Å². The molecule has 0 aliphatic heterocycles. The Morgan fingerprint density at radius 2 is 1.07 bits per heavy atom. The van der Waals surface area contributed by atoms with Crippen LogP contribution in [-0.2, 0) is 19.1 Å². The third-order valence-electron chi connectivity index (χ3n) is 7.49. The molecule has 0 rings (SSSR count). The van der Waals surface area contributed by atoms with E-state index in [9.17, 15) is 9.59 Å². The summed E-state index contributed by atoms with van der Waals surface area (Å²) in [5, 5.41) is 0. The van der Waals surface area contributed by atoms with Crippen LogP contribution < -0.4 is 0 Å². The monoisotopic (exact) mass is 573 g/mol. The number of carbonyl (C=O) groups excluding carboxylic acids is 2. The van der Waals surface area contributed by atoms with Crippen molar-refractivity contribution >= 4 is 11.9 Å². The van der Waals surface area contributed by atoms with E-state index >= 15 is 0 Å². The van der Waals surface area contributed by atoms with E-state index in [4.69, 9.17) is 9.47 Å². The maximum absolute atomic E-state index is 12.6. The first kappa shape index (κ1) is 38.9. The Labute approximate surface area is 253 Å². The molecule has 0 heterocycles. The fourth-order valence-electron chi connectivity index (χ4n) is 4.42. The first-order chi connectivity index (χ1) is 19.7. The molecule has 0 N–H and O–H groups in total. The minimum Gasteiger partial charge on any atom is -0.460 e. The number of hydrogen-bond acceptors (Lipinski definition) is 5. The van der Waals surface area contributed by atoms with Gasteiger partial charge in [0.25, 0.3) is 0 Å². The molecule has 0 aromatic carbocycles. The van der Waals surface area contributed by atoms with Gasteiger partial charge >= 0.3 is 11.9 Å². The molecule has 0 aliphatic carbocycles. The Bertz CT molecular complexity index is 718. The lowest BCUT2D eigenvalue weighted by atomic mass is 10.1. The smallest absolute Gasteiger partial charge is 0.320 e. The van der Waals surface area contributed by atoms with Crippen molar-refractivity contribution in [2.75, 3.05) is 32.8 Å². The van der Waals surface area contributed by atoms with Crippen molar-refractivity contribution in [3.63, 3.8) is 0 Å². The average molecular weight is 574 g/mol. The zero-order chi connectivity index (χ0) is 30.7. The summed E-state index contributed by atoms with van der Waals surface area (Å²) in [6.45, 7) is 19.6. The zero-order valence-corrected chi connectivity index (χ0v) is 27.4. The summed E-state index contributed by atoms with van der Waals surface area (Å²) in [6.07, 6.45) is 24.6. The first-order valence-electron chi connectivity index (χ1n) is 16.3. The number of rotatable bonds is 27. The predicted octanol–water partition coefficient (Wildman–Crippen LogP) is 9.39. The van der Waals surface area contributed by atoms with Gasteiger partial charge in [0.15, 0.2) is 0 Å². The summed E-state index contributed by atoms with van der Waals surface area (Å²) in [7, 11) is 0. The van der Waals surface area contributed by atoms with Gasteiger partial charge in [-0.05, 0) is 75.5 Å². The van der Waals surface area contributed by atoms with Gasteiger partial charge in [0, 0.05) is 0 Å². The molecule has 41 heavy (non-hydrogen) atoms. The third kappa shape index (κ3) is 25.3. The lowest BCUT2D eigenvalue weighted by Crippen LogP contribution is -2.37. The van der Waals surface area contributed by atoms with Crippen LogP contribution in [0.3, 0.4) is 0 Å². The molecular weight excluding hydrogens is 510 g/mol. The summed E-state index contributed by atoms with van der Waals surface area (Å²) in [4.78, 5) is 27.2. The Morgan fingerprint density at radius 1 is 0.683 bits per heavy atom. The highest BCUT2D eigenvalue weighted by Crippen LogP contribution is 2.12. The second kappa shape index (κ2) is 26.7. The van der Waals surface area contributed by atoms with Gasteiger partial charge in [0.1, 0.15) is 13.2 Å². The predicted molar refractivity (Wildman–Crippen MR) is 175 cm³/mol. The van der Waals surface area contributed by atoms with Crippen LogP contribution in [0.4, 0.5) is 0 Å². The van der Waals surface area contributed by atoms with Crippen molar-refractivity contribution in [2.24, 2.45) is 11.8 Å². The van der Waals surface area contributed by atoms with Crippen LogP contribution in [-0.4, -0.2) is 49.7 Å². The first-order valence-corrected chi connectivity index (χ1v) is 16.3. The standard InChI is InChI=1S/C36H63NO4/c1-8-11-12-13-14-15-16-17-18-19-26-37(27-35(38)40-29-33(6)24-20-22-31(4)9-2)28-36(39)41-30-34(7)25-21-23-32(5)10-3/h9-10,24-25,31-32H,2-3,8,11-23,26-30H2,1,4-7H3. The highest BCUT2D eigenvalue weighted by Gasteiger charge is 2.17. The van der Waals surface area contributed by atoms with Gasteiger partial charge in [-0.15, -0.1) is 13.2 Å². The molecule has 5 heteroatoms. The van der Waals surface area contributed by atoms with Crippen molar-refractivity contribution in [1.82, 2.24) is 4.90 Å². The molecule has 0 aromatic rings. The largest absolute Gasteiger partial charge is 0.460 e. The van der Waals surface area contributed by atoms with Gasteiger partial charge in [-0.25, -0.2) is 0 Å². The number of carbonyl (C=O) groups is 2. The summed E-state index contributed by atoms with van der Waals surface area (Å²) in [5.74, 6) is 0.343. The quantitative estimate of drug-likeness (QED) is 0.0556. The van der Waals surface area contributed by atoms with Crippen molar-refractivity contribution in [3.05, 3.63) is 48.6 Å². The number of esters is 2. The van der Waals surface area contributed by atoms with Crippen molar-refractivity contribution < 1.29 is 19.1 Å². The molecule has 0 spiro atoms. The Kier molecular flexibility index (Phi) is 25.3. The molecule has 0 saturated heterocycles. The van der Waals surface area contributed by atoms with Crippen molar-refractivity contribution in [1.29, 1.82) is 0 Å². The normalized spacial score (nSPS) is 13.6. The van der Waals surface area contributed by atoms with Crippen LogP contribution in [0.1, 0.15) is 125 Å². The molecule has 2 atom stereocenters. The molecule has 0 aromatic heterocycles. The molecule has 0 fully saturated rings. The topological polar surface area (TPSA) is 55.8 Å². The molecule has 0 radical (unpaired) electrons. The minimum absolute atomic E-state index is 0.0988. The number of hydrogen-bond donors (Lipinski definition) is 0. The molecule has 5 nitrogen and oxygen atoms in total. The lowest BCUT2D eigenvalue weighted by molar-refractivity contribution is -0.147. The minimum atomic E-state index is -0.301. The SMILES string of the molecule is C=CC(C)CCC=C(C)COC(=O)CN(CCCCCCCCCCCC)CC(=O)OCC(C)=CCCC(C)C=C. The van der Waals surface area contributed by atoms with Gasteiger partial charge < -0.3 is 9.47 Å². The second-order valence-corrected chi connectivity index (χ2v) is 11.9. The molecular formula is C36H63NO4. The molecule has 0 saturated carbocycles. The Morgan fingerprint density at radius 3 is 1.46 bits per heavy atom. The van der Waals surface area contributed by atoms with E-state index in [1.807, 2.05) is 30.9 Å². The van der Waals surface area contributed by atoms with Crippen LogP contribution in [0, 0.1) is 11.8 Å². The van der Waals surface area contributed by atoms with E-state index in [1.54, 1.807) is 0 Å². The van der Waals surface area contributed by atoms with Crippen LogP contribution in [0.25, 0.3) is 0 Å². The van der Waals surface area contributed by atoms with E-state index in [0.29, 0.717) is 18.4 Å².